The van der Waals surface area contributed by atoms with Crippen LogP contribution in [0, 0.1) is 5.82 Å². The minimum Gasteiger partial charge on any atom is -0.398 e. The highest BCUT2D eigenvalue weighted by Crippen LogP contribution is 2.16. The zero-order valence-electron chi connectivity index (χ0n) is 11.3. The number of hydrogen-bond donors (Lipinski definition) is 2. The lowest BCUT2D eigenvalue weighted by Crippen LogP contribution is -2.36. The number of anilines is 1. The number of amides is 1. The molecule has 1 rings (SSSR count). The Bertz CT molecular complexity index is 406. The summed E-state index contributed by atoms with van der Waals surface area (Å²) in [6.07, 6.45) is 0. The molecule has 0 saturated carbocycles. The highest BCUT2D eigenvalue weighted by molar-refractivity contribution is 5.77. The number of nitrogens with two attached hydrogens (primary N) is 1. The van der Waals surface area contributed by atoms with Gasteiger partial charge in [-0.05, 0) is 19.2 Å². The van der Waals surface area contributed by atoms with E-state index in [9.17, 15) is 9.18 Å². The second-order valence-electron chi connectivity index (χ2n) is 4.32. The lowest BCUT2D eigenvalue weighted by molar-refractivity contribution is -0.122. The van der Waals surface area contributed by atoms with Gasteiger partial charge in [-0.1, -0.05) is 6.07 Å². The molecule has 3 N–H and O–H groups in total. The van der Waals surface area contributed by atoms with Gasteiger partial charge in [0.15, 0.2) is 0 Å². The van der Waals surface area contributed by atoms with Crippen molar-refractivity contribution < 1.29 is 13.9 Å². The van der Waals surface area contributed by atoms with Crippen molar-refractivity contribution >= 4 is 11.6 Å². The quantitative estimate of drug-likeness (QED) is 0.562. The van der Waals surface area contributed by atoms with Crippen LogP contribution >= 0.6 is 0 Å². The van der Waals surface area contributed by atoms with E-state index in [2.05, 4.69) is 5.32 Å². The number of carbonyl (C=O) groups is 1. The molecule has 1 aromatic carbocycles. The molecule has 6 heteroatoms. The Labute approximate surface area is 112 Å². The summed E-state index contributed by atoms with van der Waals surface area (Å²) >= 11 is 0. The highest BCUT2D eigenvalue weighted by Gasteiger charge is 2.11. The van der Waals surface area contributed by atoms with Gasteiger partial charge >= 0.3 is 0 Å². The van der Waals surface area contributed by atoms with E-state index in [-0.39, 0.29) is 24.8 Å². The van der Waals surface area contributed by atoms with E-state index >= 15 is 0 Å². The summed E-state index contributed by atoms with van der Waals surface area (Å²) in [5, 5.41) is 2.70. The lowest BCUT2D eigenvalue weighted by atomic mass is 10.1. The molecule has 1 amide bonds. The van der Waals surface area contributed by atoms with Gasteiger partial charge in [0.2, 0.25) is 5.91 Å². The summed E-state index contributed by atoms with van der Waals surface area (Å²) in [7, 11) is 3.31. The fourth-order valence-corrected chi connectivity index (χ4v) is 1.66. The van der Waals surface area contributed by atoms with Crippen LogP contribution in [0.1, 0.15) is 5.56 Å². The molecule has 0 heterocycles. The van der Waals surface area contributed by atoms with E-state index in [0.29, 0.717) is 24.4 Å². The predicted octanol–water partition coefficient (Wildman–Crippen LogP) is 0.602. The molecule has 0 saturated heterocycles. The normalized spacial score (nSPS) is 10.7. The van der Waals surface area contributed by atoms with Gasteiger partial charge in [-0.25, -0.2) is 4.39 Å². The first-order chi connectivity index (χ1) is 9.04. The Morgan fingerprint density at radius 1 is 1.53 bits per heavy atom. The van der Waals surface area contributed by atoms with Crippen molar-refractivity contribution in [1.82, 2.24) is 10.2 Å². The van der Waals surface area contributed by atoms with Gasteiger partial charge < -0.3 is 15.8 Å². The fraction of sp³-hybridized carbons (Fsp3) is 0.462. The smallest absolute Gasteiger partial charge is 0.234 e. The molecule has 0 fully saturated rings. The molecule has 0 unspecified atom stereocenters. The summed E-state index contributed by atoms with van der Waals surface area (Å²) in [6, 6.07) is 4.56. The van der Waals surface area contributed by atoms with Crippen LogP contribution in [0.2, 0.25) is 0 Å². The molecular formula is C13H20FN3O2. The zero-order valence-corrected chi connectivity index (χ0v) is 11.3. The van der Waals surface area contributed by atoms with Crippen LogP contribution in [-0.2, 0) is 16.1 Å². The zero-order chi connectivity index (χ0) is 14.3. The predicted molar refractivity (Wildman–Crippen MR) is 72.0 cm³/mol. The molecular weight excluding hydrogens is 249 g/mol. The second-order valence-corrected chi connectivity index (χ2v) is 4.32. The Kier molecular flexibility index (Phi) is 6.24. The third-order valence-electron chi connectivity index (χ3n) is 2.62. The molecule has 0 bridgehead atoms. The SMILES string of the molecule is COCCNC(=O)CN(C)Cc1c(N)cccc1F. The summed E-state index contributed by atoms with van der Waals surface area (Å²) in [5.41, 5.74) is 6.52. The van der Waals surface area contributed by atoms with Crippen LogP contribution in [0.4, 0.5) is 10.1 Å². The summed E-state index contributed by atoms with van der Waals surface area (Å²) in [5.74, 6) is -0.485. The van der Waals surface area contributed by atoms with E-state index in [0.717, 1.165) is 0 Å². The molecule has 0 atom stereocenters. The number of nitrogens with zero attached hydrogens (tertiary/aromatic N) is 1. The summed E-state index contributed by atoms with van der Waals surface area (Å²) in [4.78, 5) is 13.3. The molecule has 106 valence electrons. The number of nitrogen functional groups attached to an aromatic ring is 1. The molecule has 5 nitrogen and oxygen atoms in total. The van der Waals surface area contributed by atoms with Gasteiger partial charge in [-0.15, -0.1) is 0 Å². The van der Waals surface area contributed by atoms with Crippen molar-refractivity contribution in [1.29, 1.82) is 0 Å². The van der Waals surface area contributed by atoms with E-state index in [1.807, 2.05) is 0 Å². The van der Waals surface area contributed by atoms with Crippen molar-refractivity contribution in [2.75, 3.05) is 39.6 Å². The monoisotopic (exact) mass is 269 g/mol. The van der Waals surface area contributed by atoms with E-state index in [1.54, 1.807) is 31.2 Å². The Hall–Kier alpha value is -1.66. The number of hydrogen-bond acceptors (Lipinski definition) is 4. The first-order valence-corrected chi connectivity index (χ1v) is 6.01. The first-order valence-electron chi connectivity index (χ1n) is 6.01. The molecule has 0 aromatic heterocycles. The van der Waals surface area contributed by atoms with Gasteiger partial charge in [0.1, 0.15) is 5.82 Å². The van der Waals surface area contributed by atoms with Crippen molar-refractivity contribution in [2.45, 2.75) is 6.54 Å². The number of halogens is 1. The number of rotatable bonds is 7. The van der Waals surface area contributed by atoms with E-state index < -0.39 is 0 Å². The van der Waals surface area contributed by atoms with Gasteiger partial charge in [0.25, 0.3) is 0 Å². The van der Waals surface area contributed by atoms with Gasteiger partial charge in [-0.2, -0.15) is 0 Å². The van der Waals surface area contributed by atoms with E-state index in [4.69, 9.17) is 10.5 Å². The Morgan fingerprint density at radius 3 is 2.89 bits per heavy atom. The third kappa shape index (κ3) is 5.23. The molecule has 0 aliphatic carbocycles. The number of methoxy groups -OCH3 is 1. The number of likely N-dealkylation sites (N-methyl/N-ethyl adjacent to an activating group) is 1. The van der Waals surface area contributed by atoms with Crippen molar-refractivity contribution in [2.24, 2.45) is 0 Å². The maximum absolute atomic E-state index is 13.6. The maximum Gasteiger partial charge on any atom is 0.234 e. The number of nitrogens with one attached hydrogen (secondary N) is 1. The van der Waals surface area contributed by atoms with Crippen LogP contribution in [0.25, 0.3) is 0 Å². The third-order valence-corrected chi connectivity index (χ3v) is 2.62. The van der Waals surface area contributed by atoms with Gasteiger partial charge in [0, 0.05) is 31.5 Å². The minimum absolute atomic E-state index is 0.130. The highest BCUT2D eigenvalue weighted by atomic mass is 19.1. The van der Waals surface area contributed by atoms with Crippen LogP contribution in [0.15, 0.2) is 18.2 Å². The van der Waals surface area contributed by atoms with Crippen LogP contribution in [-0.4, -0.2) is 44.7 Å². The van der Waals surface area contributed by atoms with Crippen LogP contribution in [0.5, 0.6) is 0 Å². The van der Waals surface area contributed by atoms with Crippen molar-refractivity contribution in [3.05, 3.63) is 29.6 Å². The molecule has 19 heavy (non-hydrogen) atoms. The van der Waals surface area contributed by atoms with Crippen molar-refractivity contribution in [3.63, 3.8) is 0 Å². The second kappa shape index (κ2) is 7.70. The average Bonchev–Trinajstić information content (AvgIpc) is 2.34. The van der Waals surface area contributed by atoms with Crippen molar-refractivity contribution in [3.8, 4) is 0 Å². The van der Waals surface area contributed by atoms with Crippen LogP contribution < -0.4 is 11.1 Å². The van der Waals surface area contributed by atoms with E-state index in [1.165, 1.54) is 6.07 Å². The Balaban J connectivity index is 2.46. The standard InChI is InChI=1S/C13H20FN3O2/c1-17(9-13(18)16-6-7-19-2)8-10-11(14)4-3-5-12(10)15/h3-5H,6-9,15H2,1-2H3,(H,16,18). The molecule has 0 aliphatic heterocycles. The topological polar surface area (TPSA) is 67.6 Å². The maximum atomic E-state index is 13.6. The minimum atomic E-state index is -0.355. The molecule has 1 aromatic rings. The summed E-state index contributed by atoms with van der Waals surface area (Å²) < 4.78 is 18.4. The van der Waals surface area contributed by atoms with Crippen LogP contribution in [0.3, 0.4) is 0 Å². The largest absolute Gasteiger partial charge is 0.398 e. The summed E-state index contributed by atoms with van der Waals surface area (Å²) in [6.45, 7) is 1.40. The number of carbonyl (C=O) groups excluding carboxylic acids is 1. The first kappa shape index (κ1) is 15.4. The Morgan fingerprint density at radius 2 is 2.26 bits per heavy atom. The van der Waals surface area contributed by atoms with Gasteiger partial charge in [-0.3, -0.25) is 9.69 Å². The lowest BCUT2D eigenvalue weighted by Gasteiger charge is -2.17. The number of benzene rings is 1. The van der Waals surface area contributed by atoms with Gasteiger partial charge in [0.05, 0.1) is 13.2 Å². The molecule has 0 aliphatic rings. The molecule has 0 spiro atoms. The average molecular weight is 269 g/mol. The molecule has 0 radical (unpaired) electrons. The number of ether oxygens (including phenoxy) is 1. The fourth-order valence-electron chi connectivity index (χ4n) is 1.66.